The van der Waals surface area contributed by atoms with E-state index in [-0.39, 0.29) is 17.5 Å². The molecule has 0 aliphatic carbocycles. The molecule has 0 bridgehead atoms. The zero-order valence-corrected chi connectivity index (χ0v) is 8.02. The molecule has 6 nitrogen and oxygen atoms in total. The Morgan fingerprint density at radius 3 is 2.86 bits per heavy atom. The molecular formula is C8H12N4O2. The summed E-state index contributed by atoms with van der Waals surface area (Å²) < 4.78 is 0. The van der Waals surface area contributed by atoms with Crippen LogP contribution in [-0.4, -0.2) is 17.0 Å². The smallest absolute Gasteiger partial charge is 0.311 e. The van der Waals surface area contributed by atoms with E-state index in [1.54, 1.807) is 7.05 Å². The molecule has 1 heterocycles. The van der Waals surface area contributed by atoms with Crippen LogP contribution in [0.1, 0.15) is 18.5 Å². The number of nitrogens with zero attached hydrogens (tertiary/aromatic N) is 2. The molecule has 0 aromatic carbocycles. The second-order valence-corrected chi connectivity index (χ2v) is 2.94. The van der Waals surface area contributed by atoms with Gasteiger partial charge in [0.05, 0.1) is 4.92 Å². The summed E-state index contributed by atoms with van der Waals surface area (Å²) in [6.07, 6.45) is 1.53. The number of hydrogen-bond donors (Lipinski definition) is 2. The predicted molar refractivity (Wildman–Crippen MR) is 52.8 cm³/mol. The minimum absolute atomic E-state index is 0.0156. The van der Waals surface area contributed by atoms with Gasteiger partial charge in [0.15, 0.2) is 0 Å². The fourth-order valence-electron chi connectivity index (χ4n) is 1.03. The van der Waals surface area contributed by atoms with Gasteiger partial charge in [0.1, 0.15) is 0 Å². The third-order valence-electron chi connectivity index (χ3n) is 2.05. The Bertz CT molecular complexity index is 353. The van der Waals surface area contributed by atoms with E-state index in [1.807, 2.05) is 6.92 Å². The van der Waals surface area contributed by atoms with Crippen LogP contribution < -0.4 is 11.1 Å². The Balaban J connectivity index is 3.12. The molecule has 1 atom stereocenters. The SMILES string of the molecule is CNC(C)c1cnc(N)c([N+](=O)[O-])c1. The maximum absolute atomic E-state index is 10.6. The van der Waals surface area contributed by atoms with Crippen LogP contribution in [0.3, 0.4) is 0 Å². The molecule has 76 valence electrons. The highest BCUT2D eigenvalue weighted by atomic mass is 16.6. The standard InChI is InChI=1S/C8H12N4O2/c1-5(10-2)6-3-7(12(13)14)8(9)11-4-6/h3-5,10H,1-2H3,(H2,9,11). The maximum Gasteiger partial charge on any atom is 0.311 e. The van der Waals surface area contributed by atoms with E-state index in [4.69, 9.17) is 5.73 Å². The number of rotatable bonds is 3. The quantitative estimate of drug-likeness (QED) is 0.552. The van der Waals surface area contributed by atoms with E-state index in [0.717, 1.165) is 5.56 Å². The fraction of sp³-hybridized carbons (Fsp3) is 0.375. The van der Waals surface area contributed by atoms with E-state index in [2.05, 4.69) is 10.3 Å². The van der Waals surface area contributed by atoms with Gasteiger partial charge in [-0.05, 0) is 19.5 Å². The lowest BCUT2D eigenvalue weighted by Crippen LogP contribution is -2.13. The van der Waals surface area contributed by atoms with E-state index < -0.39 is 4.92 Å². The molecule has 0 fully saturated rings. The molecule has 0 radical (unpaired) electrons. The Hall–Kier alpha value is -1.69. The highest BCUT2D eigenvalue weighted by Gasteiger charge is 2.15. The summed E-state index contributed by atoms with van der Waals surface area (Å²) in [5.41, 5.74) is 5.95. The normalized spacial score (nSPS) is 12.4. The average Bonchev–Trinajstić information content (AvgIpc) is 2.17. The third kappa shape index (κ3) is 1.97. The van der Waals surface area contributed by atoms with Crippen molar-refractivity contribution in [2.75, 3.05) is 12.8 Å². The minimum Gasteiger partial charge on any atom is -0.378 e. The number of nitrogens with one attached hydrogen (secondary N) is 1. The first-order chi connectivity index (χ1) is 6.56. The number of hydrogen-bond acceptors (Lipinski definition) is 5. The monoisotopic (exact) mass is 196 g/mol. The molecule has 0 aliphatic heterocycles. The Morgan fingerprint density at radius 2 is 2.36 bits per heavy atom. The molecule has 1 aromatic rings. The Kier molecular flexibility index (Phi) is 2.98. The first-order valence-electron chi connectivity index (χ1n) is 4.13. The van der Waals surface area contributed by atoms with Crippen molar-refractivity contribution in [3.8, 4) is 0 Å². The van der Waals surface area contributed by atoms with Crippen molar-refractivity contribution in [3.05, 3.63) is 27.9 Å². The third-order valence-corrected chi connectivity index (χ3v) is 2.05. The molecule has 1 unspecified atom stereocenters. The zero-order chi connectivity index (χ0) is 10.7. The Labute approximate surface area is 81.3 Å². The first-order valence-corrected chi connectivity index (χ1v) is 4.13. The van der Waals surface area contributed by atoms with Gasteiger partial charge in [-0.1, -0.05) is 0 Å². The largest absolute Gasteiger partial charge is 0.378 e. The molecule has 0 spiro atoms. The van der Waals surface area contributed by atoms with Crippen LogP contribution >= 0.6 is 0 Å². The van der Waals surface area contributed by atoms with E-state index in [1.165, 1.54) is 12.3 Å². The minimum atomic E-state index is -0.534. The molecule has 0 amide bonds. The van der Waals surface area contributed by atoms with Crippen molar-refractivity contribution in [2.24, 2.45) is 0 Å². The van der Waals surface area contributed by atoms with Gasteiger partial charge >= 0.3 is 5.69 Å². The van der Waals surface area contributed by atoms with Crippen molar-refractivity contribution in [2.45, 2.75) is 13.0 Å². The van der Waals surface area contributed by atoms with E-state index in [9.17, 15) is 10.1 Å². The fourth-order valence-corrected chi connectivity index (χ4v) is 1.03. The molecule has 3 N–H and O–H groups in total. The molecule has 1 rings (SSSR count). The topological polar surface area (TPSA) is 94.1 Å². The van der Waals surface area contributed by atoms with Crippen LogP contribution in [0.25, 0.3) is 0 Å². The van der Waals surface area contributed by atoms with Crippen LogP contribution in [0, 0.1) is 10.1 Å². The maximum atomic E-state index is 10.6. The lowest BCUT2D eigenvalue weighted by atomic mass is 10.1. The summed E-state index contributed by atoms with van der Waals surface area (Å²) >= 11 is 0. The number of pyridine rings is 1. The molecule has 1 aromatic heterocycles. The number of aromatic nitrogens is 1. The average molecular weight is 196 g/mol. The number of nitrogen functional groups attached to an aromatic ring is 1. The first kappa shape index (κ1) is 10.4. The number of nitrogens with two attached hydrogens (primary N) is 1. The lowest BCUT2D eigenvalue weighted by molar-refractivity contribution is -0.384. The molecule has 6 heteroatoms. The van der Waals surface area contributed by atoms with Crippen molar-refractivity contribution in [3.63, 3.8) is 0 Å². The van der Waals surface area contributed by atoms with Gasteiger partial charge in [0.2, 0.25) is 5.82 Å². The van der Waals surface area contributed by atoms with Crippen LogP contribution in [0.5, 0.6) is 0 Å². The summed E-state index contributed by atoms with van der Waals surface area (Å²) in [6.45, 7) is 1.89. The van der Waals surface area contributed by atoms with Gasteiger partial charge in [-0.3, -0.25) is 10.1 Å². The summed E-state index contributed by atoms with van der Waals surface area (Å²) in [7, 11) is 1.77. The lowest BCUT2D eigenvalue weighted by Gasteiger charge is -2.09. The summed E-state index contributed by atoms with van der Waals surface area (Å²) in [6, 6.07) is 1.45. The van der Waals surface area contributed by atoms with Crippen molar-refractivity contribution >= 4 is 11.5 Å². The van der Waals surface area contributed by atoms with Crippen molar-refractivity contribution in [1.82, 2.24) is 10.3 Å². The Morgan fingerprint density at radius 1 is 1.71 bits per heavy atom. The molecule has 0 saturated carbocycles. The highest BCUT2D eigenvalue weighted by molar-refractivity contribution is 5.53. The molecule has 14 heavy (non-hydrogen) atoms. The summed E-state index contributed by atoms with van der Waals surface area (Å²) in [5.74, 6) is -0.0537. The van der Waals surface area contributed by atoms with Crippen LogP contribution in [0.2, 0.25) is 0 Å². The van der Waals surface area contributed by atoms with Crippen molar-refractivity contribution in [1.29, 1.82) is 0 Å². The predicted octanol–water partition coefficient (Wildman–Crippen LogP) is 0.852. The molecular weight excluding hydrogens is 184 g/mol. The number of nitro groups is 1. The van der Waals surface area contributed by atoms with E-state index in [0.29, 0.717) is 0 Å². The molecule has 0 saturated heterocycles. The van der Waals surface area contributed by atoms with Gasteiger partial charge in [0, 0.05) is 18.3 Å². The summed E-state index contributed by atoms with van der Waals surface area (Å²) in [4.78, 5) is 13.8. The van der Waals surface area contributed by atoms with Crippen LogP contribution in [0.4, 0.5) is 11.5 Å². The zero-order valence-electron chi connectivity index (χ0n) is 8.02. The second-order valence-electron chi connectivity index (χ2n) is 2.94. The number of anilines is 1. The van der Waals surface area contributed by atoms with Gasteiger partial charge in [-0.2, -0.15) is 0 Å². The van der Waals surface area contributed by atoms with E-state index >= 15 is 0 Å². The van der Waals surface area contributed by atoms with Gasteiger partial charge in [0.25, 0.3) is 0 Å². The second kappa shape index (κ2) is 4.01. The van der Waals surface area contributed by atoms with Crippen LogP contribution in [0.15, 0.2) is 12.3 Å². The summed E-state index contributed by atoms with van der Waals surface area (Å²) in [5, 5.41) is 13.5. The van der Waals surface area contributed by atoms with Gasteiger partial charge in [-0.15, -0.1) is 0 Å². The van der Waals surface area contributed by atoms with Gasteiger partial charge in [-0.25, -0.2) is 4.98 Å². The van der Waals surface area contributed by atoms with Crippen LogP contribution in [-0.2, 0) is 0 Å². The van der Waals surface area contributed by atoms with Crippen molar-refractivity contribution < 1.29 is 4.92 Å². The molecule has 0 aliphatic rings. The van der Waals surface area contributed by atoms with Gasteiger partial charge < -0.3 is 11.1 Å². The highest BCUT2D eigenvalue weighted by Crippen LogP contribution is 2.22.